The number of carbonyl (C=O) groups is 1. The second-order valence-corrected chi connectivity index (χ2v) is 3.75. The van der Waals surface area contributed by atoms with E-state index in [1.54, 1.807) is 0 Å². The van der Waals surface area contributed by atoms with Crippen molar-refractivity contribution in [3.8, 4) is 0 Å². The molecule has 0 atom stereocenters. The number of benzene rings is 1. The van der Waals surface area contributed by atoms with Crippen LogP contribution in [0.4, 0.5) is 15.9 Å². The van der Waals surface area contributed by atoms with Crippen molar-refractivity contribution in [3.63, 3.8) is 0 Å². The summed E-state index contributed by atoms with van der Waals surface area (Å²) in [7, 11) is 0. The van der Waals surface area contributed by atoms with Crippen LogP contribution in [0.2, 0.25) is 5.02 Å². The Labute approximate surface area is 107 Å². The van der Waals surface area contributed by atoms with Gasteiger partial charge >= 0.3 is 0 Å². The average molecular weight is 267 g/mol. The summed E-state index contributed by atoms with van der Waals surface area (Å²) in [6, 6.07) is 4.27. The van der Waals surface area contributed by atoms with Gasteiger partial charge in [0.1, 0.15) is 0 Å². The van der Waals surface area contributed by atoms with Gasteiger partial charge in [-0.2, -0.15) is 0 Å². The topological polar surface area (TPSA) is 80.9 Å². The van der Waals surface area contributed by atoms with Crippen molar-refractivity contribution < 1.29 is 9.18 Å². The molecule has 18 heavy (non-hydrogen) atoms. The molecule has 92 valence electrons. The minimum absolute atomic E-state index is 0.0302. The van der Waals surface area contributed by atoms with Crippen molar-refractivity contribution in [2.45, 2.75) is 0 Å². The summed E-state index contributed by atoms with van der Waals surface area (Å²) in [4.78, 5) is 19.3. The smallest absolute Gasteiger partial charge is 0.278 e. The second-order valence-electron chi connectivity index (χ2n) is 3.35. The molecule has 0 bridgehead atoms. The highest BCUT2D eigenvalue weighted by atomic mass is 35.5. The highest BCUT2D eigenvalue weighted by Gasteiger charge is 2.15. The van der Waals surface area contributed by atoms with E-state index in [4.69, 9.17) is 17.3 Å². The van der Waals surface area contributed by atoms with Crippen LogP contribution in [-0.2, 0) is 0 Å². The molecule has 1 aromatic heterocycles. The largest absolute Gasteiger partial charge is 0.382 e. The molecule has 0 saturated heterocycles. The maximum absolute atomic E-state index is 13.6. The van der Waals surface area contributed by atoms with Crippen LogP contribution in [0.25, 0.3) is 0 Å². The van der Waals surface area contributed by atoms with Crippen molar-refractivity contribution in [3.05, 3.63) is 47.1 Å². The maximum Gasteiger partial charge on any atom is 0.278 e. The molecule has 0 saturated carbocycles. The van der Waals surface area contributed by atoms with E-state index in [0.717, 1.165) is 0 Å². The zero-order chi connectivity index (χ0) is 13.1. The van der Waals surface area contributed by atoms with Gasteiger partial charge in [0.2, 0.25) is 0 Å². The Morgan fingerprint density at radius 3 is 2.78 bits per heavy atom. The van der Waals surface area contributed by atoms with Crippen LogP contribution in [0.3, 0.4) is 0 Å². The molecule has 2 rings (SSSR count). The molecule has 0 unspecified atom stereocenters. The summed E-state index contributed by atoms with van der Waals surface area (Å²) in [5.41, 5.74) is 5.37. The van der Waals surface area contributed by atoms with E-state index in [1.807, 2.05) is 0 Å². The Morgan fingerprint density at radius 1 is 1.33 bits per heavy atom. The van der Waals surface area contributed by atoms with Gasteiger partial charge in [-0.15, -0.1) is 0 Å². The molecule has 0 aliphatic carbocycles. The number of carbonyl (C=O) groups excluding carboxylic acids is 1. The SMILES string of the molecule is Nc1nccnc1C(=O)Nc1cccc(Cl)c1F. The fourth-order valence-corrected chi connectivity index (χ4v) is 1.48. The van der Waals surface area contributed by atoms with Gasteiger partial charge in [-0.1, -0.05) is 17.7 Å². The monoisotopic (exact) mass is 266 g/mol. The van der Waals surface area contributed by atoms with Crippen LogP contribution < -0.4 is 11.1 Å². The lowest BCUT2D eigenvalue weighted by atomic mass is 10.3. The number of hydrogen-bond acceptors (Lipinski definition) is 4. The van der Waals surface area contributed by atoms with Crippen LogP contribution in [-0.4, -0.2) is 15.9 Å². The maximum atomic E-state index is 13.6. The zero-order valence-electron chi connectivity index (χ0n) is 9.02. The van der Waals surface area contributed by atoms with Crippen molar-refractivity contribution in [2.24, 2.45) is 0 Å². The van der Waals surface area contributed by atoms with Crippen LogP contribution in [0.15, 0.2) is 30.6 Å². The van der Waals surface area contributed by atoms with Crippen molar-refractivity contribution in [1.82, 2.24) is 9.97 Å². The predicted octanol–water partition coefficient (Wildman–Crippen LogP) is 2.10. The van der Waals surface area contributed by atoms with Crippen LogP contribution in [0.1, 0.15) is 10.5 Å². The van der Waals surface area contributed by atoms with E-state index in [9.17, 15) is 9.18 Å². The Kier molecular flexibility index (Phi) is 3.38. The van der Waals surface area contributed by atoms with Crippen molar-refractivity contribution in [1.29, 1.82) is 0 Å². The summed E-state index contributed by atoms with van der Waals surface area (Å²) in [5.74, 6) is -1.39. The fraction of sp³-hybridized carbons (Fsp3) is 0. The normalized spacial score (nSPS) is 10.1. The molecule has 0 aliphatic heterocycles. The lowest BCUT2D eigenvalue weighted by molar-refractivity contribution is 0.102. The lowest BCUT2D eigenvalue weighted by Gasteiger charge is -2.07. The van der Waals surface area contributed by atoms with Gasteiger partial charge in [-0.05, 0) is 12.1 Å². The van der Waals surface area contributed by atoms with Crippen LogP contribution in [0.5, 0.6) is 0 Å². The molecule has 3 N–H and O–H groups in total. The highest BCUT2D eigenvalue weighted by Crippen LogP contribution is 2.22. The molecule has 0 fully saturated rings. The summed E-state index contributed by atoms with van der Waals surface area (Å²) in [6.45, 7) is 0. The molecule has 1 amide bonds. The second kappa shape index (κ2) is 4.97. The third kappa shape index (κ3) is 2.38. The van der Waals surface area contributed by atoms with Gasteiger partial charge in [0.05, 0.1) is 10.7 Å². The lowest BCUT2D eigenvalue weighted by Crippen LogP contribution is -2.17. The third-order valence-corrected chi connectivity index (χ3v) is 2.43. The number of nitrogen functional groups attached to an aromatic ring is 1. The Morgan fingerprint density at radius 2 is 2.06 bits per heavy atom. The quantitative estimate of drug-likeness (QED) is 0.872. The van der Waals surface area contributed by atoms with Gasteiger partial charge in [-0.3, -0.25) is 4.79 Å². The average Bonchev–Trinajstić information content (AvgIpc) is 2.35. The number of halogens is 2. The molecule has 7 heteroatoms. The van der Waals surface area contributed by atoms with Gasteiger partial charge in [0.15, 0.2) is 17.3 Å². The van der Waals surface area contributed by atoms with Gasteiger partial charge < -0.3 is 11.1 Å². The Balaban J connectivity index is 2.27. The number of amides is 1. The number of rotatable bonds is 2. The first-order chi connectivity index (χ1) is 8.59. The zero-order valence-corrected chi connectivity index (χ0v) is 9.78. The van der Waals surface area contributed by atoms with Crippen molar-refractivity contribution in [2.75, 3.05) is 11.1 Å². The first-order valence-corrected chi connectivity index (χ1v) is 5.29. The molecular weight excluding hydrogens is 259 g/mol. The van der Waals surface area contributed by atoms with E-state index < -0.39 is 11.7 Å². The number of nitrogens with zero attached hydrogens (tertiary/aromatic N) is 2. The number of nitrogens with two attached hydrogens (primary N) is 1. The van der Waals surface area contributed by atoms with Crippen molar-refractivity contribution >= 4 is 29.0 Å². The fourth-order valence-electron chi connectivity index (χ4n) is 1.31. The van der Waals surface area contributed by atoms with Gasteiger partial charge in [-0.25, -0.2) is 14.4 Å². The first kappa shape index (κ1) is 12.3. The molecule has 0 radical (unpaired) electrons. The van der Waals surface area contributed by atoms with E-state index in [2.05, 4.69) is 15.3 Å². The number of nitrogens with one attached hydrogen (secondary N) is 1. The molecule has 5 nitrogen and oxygen atoms in total. The minimum atomic E-state index is -0.713. The standard InChI is InChI=1S/C11H8ClFN4O/c12-6-2-1-3-7(8(6)13)17-11(18)9-10(14)16-5-4-15-9/h1-5H,(H2,14,16)(H,17,18). The molecule has 1 heterocycles. The van der Waals surface area contributed by atoms with Crippen LogP contribution >= 0.6 is 11.6 Å². The Hall–Kier alpha value is -2.21. The first-order valence-electron chi connectivity index (χ1n) is 4.91. The van der Waals surface area contributed by atoms with Gasteiger partial charge in [0, 0.05) is 12.4 Å². The summed E-state index contributed by atoms with van der Waals surface area (Å²) >= 11 is 5.60. The minimum Gasteiger partial charge on any atom is -0.382 e. The molecule has 0 aliphatic rings. The molecule has 0 spiro atoms. The highest BCUT2D eigenvalue weighted by molar-refractivity contribution is 6.31. The molecule has 1 aromatic carbocycles. The van der Waals surface area contributed by atoms with E-state index in [0.29, 0.717) is 0 Å². The van der Waals surface area contributed by atoms with Crippen LogP contribution in [0, 0.1) is 5.82 Å². The molecular formula is C11H8ClFN4O. The number of anilines is 2. The molecule has 2 aromatic rings. The van der Waals surface area contributed by atoms with E-state index in [1.165, 1.54) is 30.6 Å². The predicted molar refractivity (Wildman–Crippen MR) is 65.8 cm³/mol. The number of aromatic nitrogens is 2. The Bertz CT molecular complexity index is 605. The van der Waals surface area contributed by atoms with E-state index >= 15 is 0 Å². The summed E-state index contributed by atoms with van der Waals surface area (Å²) < 4.78 is 13.6. The number of hydrogen-bond donors (Lipinski definition) is 2. The third-order valence-electron chi connectivity index (χ3n) is 2.14. The summed E-state index contributed by atoms with van der Waals surface area (Å²) in [5, 5.41) is 2.24. The summed E-state index contributed by atoms with van der Waals surface area (Å²) in [6.07, 6.45) is 2.67. The van der Waals surface area contributed by atoms with Gasteiger partial charge in [0.25, 0.3) is 5.91 Å². The van der Waals surface area contributed by atoms with E-state index in [-0.39, 0.29) is 22.2 Å².